The number of nitrogens with two attached hydrogens (primary N) is 1. The van der Waals surface area contributed by atoms with Crippen molar-refractivity contribution in [3.8, 4) is 17.6 Å². The van der Waals surface area contributed by atoms with Crippen LogP contribution in [0.1, 0.15) is 32.3 Å². The highest BCUT2D eigenvalue weighted by Crippen LogP contribution is 2.47. The Labute approximate surface area is 219 Å². The number of ether oxygens (including phenoxy) is 2. The van der Waals surface area contributed by atoms with Gasteiger partial charge in [0, 0.05) is 37.3 Å². The Bertz CT molecular complexity index is 1580. The first-order valence-corrected chi connectivity index (χ1v) is 12.3. The normalized spacial score (nSPS) is 14.9. The van der Waals surface area contributed by atoms with Crippen LogP contribution in [0.5, 0.6) is 11.5 Å². The number of halogens is 3. The minimum Gasteiger partial charge on any atom is -0.440 e. The number of benzene rings is 3. The molecule has 1 atom stereocenters. The van der Waals surface area contributed by atoms with Gasteiger partial charge in [-0.05, 0) is 36.8 Å². The average molecular weight is 542 g/mol. The summed E-state index contributed by atoms with van der Waals surface area (Å²) in [6.07, 6.45) is 0. The summed E-state index contributed by atoms with van der Waals surface area (Å²) in [5.74, 6) is -0.750. The monoisotopic (exact) mass is 540 g/mol. The standard InChI is InChI=1S/C26H15Cl3N2O3S/c1-12-5-7-15-20(9-12)35-24(23(15)29)26(32)33-13-6-8-14-19(10-13)34-25(31)16(11-30)21(14)22-17(27)3-2-4-18(22)28/h2-10,21H,31H2,1H3. The summed E-state index contributed by atoms with van der Waals surface area (Å²) in [5.41, 5.74) is 8.48. The number of nitrogens with zero attached hydrogens (tertiary/aromatic N) is 1. The molecule has 1 aliphatic rings. The van der Waals surface area contributed by atoms with Gasteiger partial charge in [-0.25, -0.2) is 4.79 Å². The van der Waals surface area contributed by atoms with E-state index in [4.69, 9.17) is 50.0 Å². The highest BCUT2D eigenvalue weighted by Gasteiger charge is 2.34. The fourth-order valence-electron chi connectivity index (χ4n) is 4.04. The van der Waals surface area contributed by atoms with Crippen molar-refractivity contribution in [2.75, 3.05) is 0 Å². The van der Waals surface area contributed by atoms with Crippen LogP contribution in [0.4, 0.5) is 0 Å². The quantitative estimate of drug-likeness (QED) is 0.213. The summed E-state index contributed by atoms with van der Waals surface area (Å²) < 4.78 is 12.2. The summed E-state index contributed by atoms with van der Waals surface area (Å²) in [6, 6.07) is 17.8. The molecule has 5 rings (SSSR count). The van der Waals surface area contributed by atoms with Gasteiger partial charge >= 0.3 is 5.97 Å². The molecule has 5 nitrogen and oxygen atoms in total. The Morgan fingerprint density at radius 2 is 1.86 bits per heavy atom. The van der Waals surface area contributed by atoms with Gasteiger partial charge < -0.3 is 15.2 Å². The van der Waals surface area contributed by atoms with Gasteiger partial charge in [-0.2, -0.15) is 5.26 Å². The van der Waals surface area contributed by atoms with Crippen LogP contribution in [0.15, 0.2) is 66.1 Å². The van der Waals surface area contributed by atoms with E-state index in [1.807, 2.05) is 25.1 Å². The zero-order valence-electron chi connectivity index (χ0n) is 18.1. The van der Waals surface area contributed by atoms with E-state index in [1.54, 1.807) is 30.3 Å². The molecule has 0 spiro atoms. The number of hydrogen-bond donors (Lipinski definition) is 1. The first-order valence-electron chi connectivity index (χ1n) is 10.3. The number of carbonyl (C=O) groups excluding carboxylic acids is 1. The van der Waals surface area contributed by atoms with Crippen molar-refractivity contribution in [2.24, 2.45) is 5.73 Å². The van der Waals surface area contributed by atoms with Gasteiger partial charge in [-0.15, -0.1) is 11.3 Å². The predicted molar refractivity (Wildman–Crippen MR) is 139 cm³/mol. The van der Waals surface area contributed by atoms with E-state index in [1.165, 1.54) is 17.4 Å². The predicted octanol–water partition coefficient (Wildman–Crippen LogP) is 7.61. The molecule has 0 radical (unpaired) electrons. The number of allylic oxidation sites excluding steroid dienone is 1. The molecule has 2 N–H and O–H groups in total. The largest absolute Gasteiger partial charge is 0.440 e. The van der Waals surface area contributed by atoms with Crippen LogP contribution in [0, 0.1) is 18.3 Å². The Morgan fingerprint density at radius 3 is 2.57 bits per heavy atom. The summed E-state index contributed by atoms with van der Waals surface area (Å²) >= 11 is 20.6. The Balaban J connectivity index is 1.52. The zero-order valence-corrected chi connectivity index (χ0v) is 21.1. The number of esters is 1. The summed E-state index contributed by atoms with van der Waals surface area (Å²) in [7, 11) is 0. The Kier molecular flexibility index (Phi) is 6.12. The van der Waals surface area contributed by atoms with Crippen molar-refractivity contribution in [3.05, 3.63) is 103 Å². The molecule has 0 bridgehead atoms. The molecule has 0 saturated carbocycles. The molecule has 0 saturated heterocycles. The number of fused-ring (bicyclic) bond motifs is 2. The van der Waals surface area contributed by atoms with Gasteiger partial charge in [0.05, 0.1) is 10.9 Å². The topological polar surface area (TPSA) is 85.3 Å². The van der Waals surface area contributed by atoms with Gasteiger partial charge in [0.25, 0.3) is 0 Å². The van der Waals surface area contributed by atoms with Crippen molar-refractivity contribution in [1.82, 2.24) is 0 Å². The summed E-state index contributed by atoms with van der Waals surface area (Å²) in [5, 5.41) is 11.7. The average Bonchev–Trinajstić information content (AvgIpc) is 3.14. The Hall–Kier alpha value is -3.21. The van der Waals surface area contributed by atoms with Gasteiger partial charge in [0.15, 0.2) is 0 Å². The molecule has 1 aliphatic heterocycles. The third kappa shape index (κ3) is 4.11. The smallest absolute Gasteiger partial charge is 0.355 e. The highest BCUT2D eigenvalue weighted by atomic mass is 35.5. The lowest BCUT2D eigenvalue weighted by Crippen LogP contribution is -2.21. The van der Waals surface area contributed by atoms with Crippen LogP contribution in [0.25, 0.3) is 10.1 Å². The van der Waals surface area contributed by atoms with Crippen LogP contribution in [0.3, 0.4) is 0 Å². The molecule has 2 heterocycles. The molecule has 174 valence electrons. The molecule has 3 aromatic carbocycles. The Morgan fingerprint density at radius 1 is 1.11 bits per heavy atom. The van der Waals surface area contributed by atoms with E-state index in [-0.39, 0.29) is 17.2 Å². The van der Waals surface area contributed by atoms with Crippen LogP contribution in [-0.4, -0.2) is 5.97 Å². The van der Waals surface area contributed by atoms with Gasteiger partial charge in [-0.1, -0.05) is 59.1 Å². The second-order valence-corrected chi connectivity index (χ2v) is 10.1. The lowest BCUT2D eigenvalue weighted by molar-refractivity contribution is 0.0740. The molecule has 1 aromatic heterocycles. The minimum absolute atomic E-state index is 0.0765. The number of carbonyl (C=O) groups is 1. The van der Waals surface area contributed by atoms with Crippen molar-refractivity contribution >= 4 is 62.2 Å². The fraction of sp³-hybridized carbons (Fsp3) is 0.0769. The lowest BCUT2D eigenvalue weighted by Gasteiger charge is -2.27. The molecule has 9 heteroatoms. The van der Waals surface area contributed by atoms with Crippen LogP contribution in [0.2, 0.25) is 15.1 Å². The zero-order chi connectivity index (χ0) is 24.9. The fourth-order valence-corrected chi connectivity index (χ4v) is 6.14. The highest BCUT2D eigenvalue weighted by molar-refractivity contribution is 7.21. The minimum atomic E-state index is -0.644. The molecule has 0 amide bonds. The molecular weight excluding hydrogens is 527 g/mol. The van der Waals surface area contributed by atoms with Crippen LogP contribution in [-0.2, 0) is 0 Å². The van der Waals surface area contributed by atoms with Crippen molar-refractivity contribution in [2.45, 2.75) is 12.8 Å². The number of nitriles is 1. The molecule has 4 aromatic rings. The van der Waals surface area contributed by atoms with E-state index in [2.05, 4.69) is 6.07 Å². The van der Waals surface area contributed by atoms with Gasteiger partial charge in [-0.3, -0.25) is 0 Å². The first-order chi connectivity index (χ1) is 16.8. The SMILES string of the molecule is Cc1ccc2c(Cl)c(C(=O)Oc3ccc4c(c3)OC(N)=C(C#N)C4c3c(Cl)cccc3Cl)sc2c1. The molecule has 0 fully saturated rings. The van der Waals surface area contributed by atoms with Gasteiger partial charge in [0.2, 0.25) is 5.88 Å². The third-order valence-corrected chi connectivity index (χ3v) is 7.96. The maximum atomic E-state index is 12.9. The summed E-state index contributed by atoms with van der Waals surface area (Å²) in [6.45, 7) is 1.97. The molecular formula is C26H15Cl3N2O3S. The lowest BCUT2D eigenvalue weighted by atomic mass is 9.83. The second-order valence-electron chi connectivity index (χ2n) is 7.89. The number of aryl methyl sites for hydroxylation is 1. The molecule has 1 unspecified atom stereocenters. The van der Waals surface area contributed by atoms with E-state index in [0.717, 1.165) is 15.6 Å². The van der Waals surface area contributed by atoms with E-state index in [9.17, 15) is 10.1 Å². The molecule has 35 heavy (non-hydrogen) atoms. The van der Waals surface area contributed by atoms with Crippen molar-refractivity contribution < 1.29 is 14.3 Å². The van der Waals surface area contributed by atoms with Crippen molar-refractivity contribution in [1.29, 1.82) is 5.26 Å². The van der Waals surface area contributed by atoms with Gasteiger partial charge in [0.1, 0.15) is 28.0 Å². The number of rotatable bonds is 3. The number of thiophene rings is 1. The third-order valence-electron chi connectivity index (χ3n) is 5.66. The van der Waals surface area contributed by atoms with E-state index in [0.29, 0.717) is 36.8 Å². The van der Waals surface area contributed by atoms with Crippen molar-refractivity contribution in [3.63, 3.8) is 0 Å². The summed E-state index contributed by atoms with van der Waals surface area (Å²) in [4.78, 5) is 13.2. The molecule has 0 aliphatic carbocycles. The maximum Gasteiger partial charge on any atom is 0.355 e. The number of hydrogen-bond acceptors (Lipinski definition) is 6. The van der Waals surface area contributed by atoms with E-state index >= 15 is 0 Å². The first kappa shape index (κ1) is 23.5. The van der Waals surface area contributed by atoms with Crippen LogP contribution < -0.4 is 15.2 Å². The van der Waals surface area contributed by atoms with Crippen LogP contribution >= 0.6 is 46.1 Å². The maximum absolute atomic E-state index is 12.9. The van der Waals surface area contributed by atoms with E-state index < -0.39 is 11.9 Å². The second kappa shape index (κ2) is 9.10.